The Bertz CT molecular complexity index is 1010. The summed E-state index contributed by atoms with van der Waals surface area (Å²) in [6.45, 7) is 2.08. The zero-order valence-electron chi connectivity index (χ0n) is 14.2. The fourth-order valence-electron chi connectivity index (χ4n) is 5.01. The van der Waals surface area contributed by atoms with Crippen LogP contribution in [-0.2, 0) is 15.3 Å². The molecule has 0 spiro atoms. The quantitative estimate of drug-likeness (QED) is 0.454. The minimum atomic E-state index is -0.649. The average molecular weight is 328 g/mol. The van der Waals surface area contributed by atoms with Crippen LogP contribution in [0.15, 0.2) is 66.7 Å². The van der Waals surface area contributed by atoms with Crippen molar-refractivity contribution in [2.45, 2.75) is 31.3 Å². The molecule has 3 aromatic rings. The van der Waals surface area contributed by atoms with Crippen LogP contribution in [0.25, 0.3) is 21.5 Å². The van der Waals surface area contributed by atoms with Crippen molar-refractivity contribution in [3.8, 4) is 0 Å². The summed E-state index contributed by atoms with van der Waals surface area (Å²) in [5.74, 6) is 0.403. The fraction of sp³-hybridized carbons (Fsp3) is 0.304. The summed E-state index contributed by atoms with van der Waals surface area (Å²) < 4.78 is 13.0. The van der Waals surface area contributed by atoms with Gasteiger partial charge in [-0.05, 0) is 41.0 Å². The summed E-state index contributed by atoms with van der Waals surface area (Å²) in [5, 5.41) is 5.07. The number of rotatable bonds is 1. The van der Waals surface area contributed by atoms with E-state index >= 15 is 0 Å². The van der Waals surface area contributed by atoms with Crippen molar-refractivity contribution in [3.05, 3.63) is 72.3 Å². The van der Waals surface area contributed by atoms with Crippen LogP contribution in [0.5, 0.6) is 0 Å². The second kappa shape index (κ2) is 4.72. The highest BCUT2D eigenvalue weighted by molar-refractivity contribution is 6.07. The van der Waals surface area contributed by atoms with Crippen LogP contribution in [0.2, 0.25) is 0 Å². The second-order valence-corrected chi connectivity index (χ2v) is 7.78. The van der Waals surface area contributed by atoms with E-state index in [-0.39, 0.29) is 12.2 Å². The SMILES string of the molecule is CC1(c2ccc3ccc4ccccc4c3c2)O[C@@H]2[C@H](O1)[C@H]1C=C[C@@H]2C1. The van der Waals surface area contributed by atoms with E-state index in [1.165, 1.54) is 28.0 Å². The molecular weight excluding hydrogens is 308 g/mol. The molecule has 0 aromatic heterocycles. The normalized spacial score (nSPS) is 35.7. The molecule has 124 valence electrons. The Hall–Kier alpha value is -2.16. The summed E-state index contributed by atoms with van der Waals surface area (Å²) in [7, 11) is 0. The van der Waals surface area contributed by atoms with Gasteiger partial charge in [-0.1, -0.05) is 60.7 Å². The van der Waals surface area contributed by atoms with Gasteiger partial charge in [0.05, 0.1) is 12.2 Å². The zero-order valence-corrected chi connectivity index (χ0v) is 14.2. The van der Waals surface area contributed by atoms with E-state index in [0.29, 0.717) is 11.8 Å². The van der Waals surface area contributed by atoms with Gasteiger partial charge in [0.2, 0.25) is 0 Å². The van der Waals surface area contributed by atoms with Crippen LogP contribution >= 0.6 is 0 Å². The van der Waals surface area contributed by atoms with Crippen LogP contribution in [0.4, 0.5) is 0 Å². The van der Waals surface area contributed by atoms with Crippen LogP contribution < -0.4 is 0 Å². The molecule has 1 aliphatic heterocycles. The third kappa shape index (κ3) is 1.87. The van der Waals surface area contributed by atoms with Crippen molar-refractivity contribution in [1.29, 1.82) is 0 Å². The lowest BCUT2D eigenvalue weighted by Gasteiger charge is -2.26. The Morgan fingerprint density at radius 1 is 0.800 bits per heavy atom. The number of fused-ring (bicyclic) bond motifs is 8. The molecule has 0 N–H and O–H groups in total. The summed E-state index contributed by atoms with van der Waals surface area (Å²) in [5.41, 5.74) is 1.12. The number of hydrogen-bond acceptors (Lipinski definition) is 2. The summed E-state index contributed by atoms with van der Waals surface area (Å²) in [6.07, 6.45) is 6.24. The van der Waals surface area contributed by atoms with E-state index < -0.39 is 5.79 Å². The van der Waals surface area contributed by atoms with Gasteiger partial charge in [0.15, 0.2) is 5.79 Å². The molecule has 2 fully saturated rings. The highest BCUT2D eigenvalue weighted by Gasteiger charge is 2.56. The second-order valence-electron chi connectivity index (χ2n) is 7.78. The van der Waals surface area contributed by atoms with E-state index in [0.717, 1.165) is 5.56 Å². The molecule has 25 heavy (non-hydrogen) atoms. The van der Waals surface area contributed by atoms with Gasteiger partial charge in [-0.15, -0.1) is 0 Å². The van der Waals surface area contributed by atoms with Gasteiger partial charge in [-0.3, -0.25) is 0 Å². The van der Waals surface area contributed by atoms with Crippen molar-refractivity contribution in [3.63, 3.8) is 0 Å². The molecule has 5 atom stereocenters. The molecule has 6 rings (SSSR count). The molecule has 2 aliphatic carbocycles. The van der Waals surface area contributed by atoms with Crippen molar-refractivity contribution < 1.29 is 9.47 Å². The van der Waals surface area contributed by atoms with Gasteiger partial charge in [0, 0.05) is 17.4 Å². The molecular formula is C23H20O2. The first-order chi connectivity index (χ1) is 12.2. The minimum absolute atomic E-state index is 0.211. The lowest BCUT2D eigenvalue weighted by molar-refractivity contribution is -0.179. The number of ether oxygens (including phenoxy) is 2. The maximum absolute atomic E-state index is 6.48. The maximum Gasteiger partial charge on any atom is 0.192 e. The Morgan fingerprint density at radius 3 is 2.20 bits per heavy atom. The predicted molar refractivity (Wildman–Crippen MR) is 99.3 cm³/mol. The van der Waals surface area contributed by atoms with E-state index in [9.17, 15) is 0 Å². The topological polar surface area (TPSA) is 18.5 Å². The summed E-state index contributed by atoms with van der Waals surface area (Å²) in [4.78, 5) is 0. The first-order valence-corrected chi connectivity index (χ1v) is 9.17. The zero-order chi connectivity index (χ0) is 16.6. The molecule has 1 heterocycles. The highest BCUT2D eigenvalue weighted by atomic mass is 16.8. The first kappa shape index (κ1) is 14.1. The molecule has 2 bridgehead atoms. The van der Waals surface area contributed by atoms with Crippen LogP contribution in [-0.4, -0.2) is 12.2 Å². The van der Waals surface area contributed by atoms with Gasteiger partial charge >= 0.3 is 0 Å². The van der Waals surface area contributed by atoms with Gasteiger partial charge < -0.3 is 9.47 Å². The smallest absolute Gasteiger partial charge is 0.192 e. The monoisotopic (exact) mass is 328 g/mol. The van der Waals surface area contributed by atoms with Gasteiger partial charge in [0.1, 0.15) is 0 Å². The van der Waals surface area contributed by atoms with Gasteiger partial charge in [-0.2, -0.15) is 0 Å². The Balaban J connectivity index is 1.48. The van der Waals surface area contributed by atoms with Crippen LogP contribution in [0, 0.1) is 11.8 Å². The lowest BCUT2D eigenvalue weighted by atomic mass is 9.97. The molecule has 1 unspecified atom stereocenters. The molecule has 3 aliphatic rings. The third-order valence-electron chi connectivity index (χ3n) is 6.31. The summed E-state index contributed by atoms with van der Waals surface area (Å²) >= 11 is 0. The Labute approximate surface area is 147 Å². The molecule has 2 nitrogen and oxygen atoms in total. The van der Waals surface area contributed by atoms with Crippen molar-refractivity contribution in [2.75, 3.05) is 0 Å². The van der Waals surface area contributed by atoms with E-state index in [1.54, 1.807) is 0 Å². The van der Waals surface area contributed by atoms with Crippen molar-refractivity contribution >= 4 is 21.5 Å². The van der Waals surface area contributed by atoms with Gasteiger partial charge in [0.25, 0.3) is 0 Å². The molecule has 1 saturated heterocycles. The van der Waals surface area contributed by atoms with E-state index in [1.807, 2.05) is 0 Å². The van der Waals surface area contributed by atoms with E-state index in [4.69, 9.17) is 9.47 Å². The number of hydrogen-bond donors (Lipinski definition) is 0. The van der Waals surface area contributed by atoms with Crippen molar-refractivity contribution in [2.24, 2.45) is 11.8 Å². The Kier molecular flexibility index (Phi) is 2.65. The average Bonchev–Trinajstić information content (AvgIpc) is 3.33. The van der Waals surface area contributed by atoms with E-state index in [2.05, 4.69) is 73.7 Å². The standard InChI is InChI=1S/C23H20O2/c1-23(24-21-16-8-9-17(12-16)22(21)25-23)18-11-10-15-7-6-14-4-2-3-5-19(14)20(15)13-18/h2-11,13,16-17,21-22H,12H2,1H3/t16-,17+,21+,22-,23?. The highest BCUT2D eigenvalue weighted by Crippen LogP contribution is 2.52. The van der Waals surface area contributed by atoms with Crippen molar-refractivity contribution in [1.82, 2.24) is 0 Å². The van der Waals surface area contributed by atoms with Gasteiger partial charge in [-0.25, -0.2) is 0 Å². The molecule has 0 amide bonds. The first-order valence-electron chi connectivity index (χ1n) is 9.17. The van der Waals surface area contributed by atoms with Crippen LogP contribution in [0.1, 0.15) is 18.9 Å². The van der Waals surface area contributed by atoms with Crippen LogP contribution in [0.3, 0.4) is 0 Å². The molecule has 0 radical (unpaired) electrons. The Morgan fingerprint density at radius 2 is 1.44 bits per heavy atom. The maximum atomic E-state index is 6.48. The molecule has 3 aromatic carbocycles. The predicted octanol–water partition coefficient (Wildman–Crippen LogP) is 5.16. The fourth-order valence-corrected chi connectivity index (χ4v) is 5.01. The molecule has 2 heteroatoms. The minimum Gasteiger partial charge on any atom is -0.339 e. The summed E-state index contributed by atoms with van der Waals surface area (Å²) in [6, 6.07) is 19.5. The third-order valence-corrected chi connectivity index (χ3v) is 6.31. The number of benzene rings is 3. The largest absolute Gasteiger partial charge is 0.339 e. The molecule has 1 saturated carbocycles. The lowest BCUT2D eigenvalue weighted by Crippen LogP contribution is -2.26.